The van der Waals surface area contributed by atoms with Crippen molar-refractivity contribution in [2.45, 2.75) is 43.5 Å². The van der Waals surface area contributed by atoms with Crippen molar-refractivity contribution in [3.63, 3.8) is 0 Å². The van der Waals surface area contributed by atoms with Crippen LogP contribution in [0.25, 0.3) is 0 Å². The highest BCUT2D eigenvalue weighted by Crippen LogP contribution is 2.61. The Morgan fingerprint density at radius 2 is 1.66 bits per heavy atom. The number of methoxy groups -OCH3 is 1. The van der Waals surface area contributed by atoms with Crippen LogP contribution in [0.1, 0.15) is 48.5 Å². The summed E-state index contributed by atoms with van der Waals surface area (Å²) in [6.07, 6.45) is 8.51. The zero-order valence-corrected chi connectivity index (χ0v) is 16.6. The van der Waals surface area contributed by atoms with Crippen LogP contribution in [0.4, 0.5) is 0 Å². The van der Waals surface area contributed by atoms with Crippen LogP contribution in [0.15, 0.2) is 73.1 Å². The second kappa shape index (κ2) is 7.53. The van der Waals surface area contributed by atoms with Gasteiger partial charge in [-0.05, 0) is 66.6 Å². The SMILES string of the molecule is COc1ccc([C@@]2(c3ccccc3)O[C@@H]2c2ccncc2)cc1OC1CCCC1. The van der Waals surface area contributed by atoms with Crippen molar-refractivity contribution in [2.75, 3.05) is 7.11 Å². The van der Waals surface area contributed by atoms with Crippen molar-refractivity contribution >= 4 is 0 Å². The van der Waals surface area contributed by atoms with E-state index in [1.807, 2.05) is 36.7 Å². The first-order valence-corrected chi connectivity index (χ1v) is 10.3. The molecule has 0 bridgehead atoms. The maximum Gasteiger partial charge on any atom is 0.161 e. The van der Waals surface area contributed by atoms with E-state index in [9.17, 15) is 0 Å². The van der Waals surface area contributed by atoms with Gasteiger partial charge < -0.3 is 14.2 Å². The van der Waals surface area contributed by atoms with Crippen molar-refractivity contribution in [3.05, 3.63) is 89.7 Å². The zero-order valence-electron chi connectivity index (χ0n) is 16.6. The standard InChI is InChI=1S/C25H25NO3/c1-27-22-12-11-20(17-23(22)28-21-9-5-6-10-21)25(19-7-3-2-4-8-19)24(29-25)18-13-15-26-16-14-18/h2-4,7-8,11-17,21,24H,5-6,9-10H2,1H3/t24-,25-/m1/s1. The monoisotopic (exact) mass is 387 g/mol. The summed E-state index contributed by atoms with van der Waals surface area (Å²) < 4.78 is 18.4. The number of ether oxygens (including phenoxy) is 3. The number of rotatable bonds is 6. The van der Waals surface area contributed by atoms with Crippen LogP contribution in [0.3, 0.4) is 0 Å². The summed E-state index contributed by atoms with van der Waals surface area (Å²) in [6.45, 7) is 0. The number of hydrogen-bond donors (Lipinski definition) is 0. The fraction of sp³-hybridized carbons (Fsp3) is 0.320. The van der Waals surface area contributed by atoms with Crippen LogP contribution in [-0.2, 0) is 10.3 Å². The Morgan fingerprint density at radius 3 is 2.38 bits per heavy atom. The van der Waals surface area contributed by atoms with Gasteiger partial charge in [-0.25, -0.2) is 0 Å². The van der Waals surface area contributed by atoms with Gasteiger partial charge in [0.1, 0.15) is 11.7 Å². The molecule has 29 heavy (non-hydrogen) atoms. The molecule has 1 saturated carbocycles. The van der Waals surface area contributed by atoms with Gasteiger partial charge in [0.2, 0.25) is 0 Å². The molecule has 4 nitrogen and oxygen atoms in total. The molecule has 0 radical (unpaired) electrons. The van der Waals surface area contributed by atoms with Crippen LogP contribution in [-0.4, -0.2) is 18.2 Å². The normalized spacial score (nSPS) is 23.7. The molecule has 5 rings (SSSR count). The van der Waals surface area contributed by atoms with Crippen LogP contribution in [0.5, 0.6) is 11.5 Å². The lowest BCUT2D eigenvalue weighted by Crippen LogP contribution is -2.15. The summed E-state index contributed by atoms with van der Waals surface area (Å²) in [5, 5.41) is 0. The van der Waals surface area contributed by atoms with Gasteiger partial charge in [-0.3, -0.25) is 4.98 Å². The number of epoxide rings is 1. The quantitative estimate of drug-likeness (QED) is 0.529. The van der Waals surface area contributed by atoms with Crippen molar-refractivity contribution in [2.24, 2.45) is 0 Å². The Morgan fingerprint density at radius 1 is 0.897 bits per heavy atom. The number of pyridine rings is 1. The second-order valence-electron chi connectivity index (χ2n) is 7.77. The van der Waals surface area contributed by atoms with E-state index in [4.69, 9.17) is 14.2 Å². The number of aromatic nitrogens is 1. The molecule has 1 aromatic heterocycles. The lowest BCUT2D eigenvalue weighted by molar-refractivity contribution is 0.200. The summed E-state index contributed by atoms with van der Waals surface area (Å²) in [4.78, 5) is 4.15. The van der Waals surface area contributed by atoms with Crippen LogP contribution in [0.2, 0.25) is 0 Å². The van der Waals surface area contributed by atoms with Gasteiger partial charge in [0.05, 0.1) is 13.2 Å². The molecule has 1 aliphatic carbocycles. The lowest BCUT2D eigenvalue weighted by Gasteiger charge is -2.20. The maximum atomic E-state index is 6.44. The molecular weight excluding hydrogens is 362 g/mol. The van der Waals surface area contributed by atoms with Crippen molar-refractivity contribution in [1.29, 1.82) is 0 Å². The second-order valence-corrected chi connectivity index (χ2v) is 7.77. The smallest absolute Gasteiger partial charge is 0.161 e. The van der Waals surface area contributed by atoms with Crippen LogP contribution < -0.4 is 9.47 Å². The molecule has 1 aliphatic heterocycles. The zero-order chi connectivity index (χ0) is 19.7. The minimum atomic E-state index is -0.525. The Balaban J connectivity index is 1.57. The highest BCUT2D eigenvalue weighted by atomic mass is 16.6. The van der Waals surface area contributed by atoms with Gasteiger partial charge in [0.25, 0.3) is 0 Å². The van der Waals surface area contributed by atoms with E-state index in [0.29, 0.717) is 0 Å². The average Bonchev–Trinajstić information content (AvgIpc) is 3.35. The molecule has 0 unspecified atom stereocenters. The first-order chi connectivity index (χ1) is 14.3. The van der Waals surface area contributed by atoms with Crippen molar-refractivity contribution in [3.8, 4) is 11.5 Å². The van der Waals surface area contributed by atoms with E-state index in [1.165, 1.54) is 12.8 Å². The third kappa shape index (κ3) is 3.28. The maximum absolute atomic E-state index is 6.44. The molecule has 2 aromatic carbocycles. The first-order valence-electron chi connectivity index (χ1n) is 10.3. The van der Waals surface area contributed by atoms with Gasteiger partial charge in [-0.1, -0.05) is 36.4 Å². The molecule has 0 spiro atoms. The first kappa shape index (κ1) is 18.2. The topological polar surface area (TPSA) is 43.9 Å². The van der Waals surface area contributed by atoms with Crippen molar-refractivity contribution in [1.82, 2.24) is 4.98 Å². The molecule has 3 aromatic rings. The Hall–Kier alpha value is -2.85. The molecule has 148 valence electrons. The van der Waals surface area contributed by atoms with Crippen LogP contribution >= 0.6 is 0 Å². The third-order valence-electron chi connectivity index (χ3n) is 6.02. The van der Waals surface area contributed by atoms with E-state index in [0.717, 1.165) is 41.0 Å². The summed E-state index contributed by atoms with van der Waals surface area (Å²) in [5.41, 5.74) is 2.82. The molecular formula is C25H25NO3. The molecule has 2 aliphatic rings. The molecule has 0 amide bonds. The number of benzene rings is 2. The minimum absolute atomic E-state index is 0.0550. The molecule has 2 fully saturated rings. The Bertz CT molecular complexity index is 970. The van der Waals surface area contributed by atoms with E-state index in [1.54, 1.807) is 7.11 Å². The summed E-state index contributed by atoms with van der Waals surface area (Å²) in [6, 6.07) is 20.6. The van der Waals surface area contributed by atoms with E-state index >= 15 is 0 Å². The Labute approximate surface area is 171 Å². The number of hydrogen-bond acceptors (Lipinski definition) is 4. The van der Waals surface area contributed by atoms with Crippen LogP contribution in [0, 0.1) is 0 Å². The van der Waals surface area contributed by atoms with E-state index < -0.39 is 5.60 Å². The third-order valence-corrected chi connectivity index (χ3v) is 6.02. The average molecular weight is 387 g/mol. The van der Waals surface area contributed by atoms with Crippen molar-refractivity contribution < 1.29 is 14.2 Å². The fourth-order valence-corrected chi connectivity index (χ4v) is 4.47. The largest absolute Gasteiger partial charge is 0.493 e. The molecule has 1 saturated heterocycles. The molecule has 0 N–H and O–H groups in total. The van der Waals surface area contributed by atoms with Gasteiger partial charge >= 0.3 is 0 Å². The van der Waals surface area contributed by atoms with Gasteiger partial charge in [0.15, 0.2) is 11.5 Å². The van der Waals surface area contributed by atoms with Gasteiger partial charge in [0, 0.05) is 12.4 Å². The minimum Gasteiger partial charge on any atom is -0.493 e. The van der Waals surface area contributed by atoms with E-state index in [-0.39, 0.29) is 12.2 Å². The molecule has 2 atom stereocenters. The molecule has 2 heterocycles. The summed E-state index contributed by atoms with van der Waals surface area (Å²) >= 11 is 0. The van der Waals surface area contributed by atoms with E-state index in [2.05, 4.69) is 41.4 Å². The summed E-state index contributed by atoms with van der Waals surface area (Å²) in [7, 11) is 1.69. The van der Waals surface area contributed by atoms with Gasteiger partial charge in [-0.2, -0.15) is 0 Å². The van der Waals surface area contributed by atoms with Gasteiger partial charge in [-0.15, -0.1) is 0 Å². The lowest BCUT2D eigenvalue weighted by atomic mass is 9.85. The fourth-order valence-electron chi connectivity index (χ4n) is 4.47. The Kier molecular flexibility index (Phi) is 4.72. The predicted octanol–water partition coefficient (Wildman–Crippen LogP) is 5.43. The summed E-state index contributed by atoms with van der Waals surface area (Å²) in [5.74, 6) is 1.57. The predicted molar refractivity (Wildman–Crippen MR) is 111 cm³/mol. The highest BCUT2D eigenvalue weighted by Gasteiger charge is 2.60. The molecule has 4 heteroatoms. The highest BCUT2D eigenvalue weighted by molar-refractivity contribution is 5.52. The number of nitrogens with zero attached hydrogens (tertiary/aromatic N) is 1.